The minimum Gasteiger partial charge on any atom is -0.375 e. The Labute approximate surface area is 118 Å². The summed E-state index contributed by atoms with van der Waals surface area (Å²) < 4.78 is 4.81. The molecule has 0 unspecified atom stereocenters. The van der Waals surface area contributed by atoms with Crippen LogP contribution in [0.5, 0.6) is 0 Å². The van der Waals surface area contributed by atoms with Crippen LogP contribution in [0.3, 0.4) is 0 Å². The summed E-state index contributed by atoms with van der Waals surface area (Å²) >= 11 is 0. The quantitative estimate of drug-likeness (QED) is 0.897. The summed E-state index contributed by atoms with van der Waals surface area (Å²) in [5, 5.41) is 4.18. The summed E-state index contributed by atoms with van der Waals surface area (Å²) in [7, 11) is 1.53. The molecule has 0 radical (unpaired) electrons. The SMILES string of the molecule is COCC(=O)NCc1ccc2[nH]c3c(c2c1)CCCC3. The molecule has 0 atom stereocenters. The van der Waals surface area contributed by atoms with Crippen molar-refractivity contribution >= 4 is 16.8 Å². The van der Waals surface area contributed by atoms with Gasteiger partial charge in [-0.1, -0.05) is 6.07 Å². The largest absolute Gasteiger partial charge is 0.375 e. The number of aromatic amines is 1. The fourth-order valence-electron chi connectivity index (χ4n) is 2.95. The Kier molecular flexibility index (Phi) is 3.74. The van der Waals surface area contributed by atoms with Crippen molar-refractivity contribution < 1.29 is 9.53 Å². The van der Waals surface area contributed by atoms with Crippen molar-refractivity contribution in [1.29, 1.82) is 0 Å². The van der Waals surface area contributed by atoms with Crippen LogP contribution >= 0.6 is 0 Å². The standard InChI is InChI=1S/C16H20N2O2/c1-20-10-16(19)17-9-11-6-7-15-13(8-11)12-4-2-3-5-14(12)18-15/h6-8,18H,2-5,9-10H2,1H3,(H,17,19). The maximum Gasteiger partial charge on any atom is 0.246 e. The Bertz CT molecular complexity index is 631. The van der Waals surface area contributed by atoms with Gasteiger partial charge in [-0.25, -0.2) is 0 Å². The number of carbonyl (C=O) groups is 1. The van der Waals surface area contributed by atoms with Gasteiger partial charge in [-0.3, -0.25) is 4.79 Å². The van der Waals surface area contributed by atoms with E-state index in [1.54, 1.807) is 0 Å². The predicted molar refractivity (Wildman–Crippen MR) is 78.7 cm³/mol. The van der Waals surface area contributed by atoms with Gasteiger partial charge in [0.15, 0.2) is 0 Å². The third-order valence-corrected chi connectivity index (χ3v) is 3.93. The minimum absolute atomic E-state index is 0.0799. The Morgan fingerprint density at radius 1 is 1.35 bits per heavy atom. The van der Waals surface area contributed by atoms with Crippen molar-refractivity contribution in [2.45, 2.75) is 32.2 Å². The van der Waals surface area contributed by atoms with Crippen molar-refractivity contribution in [2.24, 2.45) is 0 Å². The van der Waals surface area contributed by atoms with Crippen LogP contribution < -0.4 is 5.32 Å². The zero-order chi connectivity index (χ0) is 13.9. The highest BCUT2D eigenvalue weighted by molar-refractivity contribution is 5.85. The van der Waals surface area contributed by atoms with E-state index in [0.717, 1.165) is 18.4 Å². The lowest BCUT2D eigenvalue weighted by Gasteiger charge is -2.10. The number of aryl methyl sites for hydroxylation is 2. The van der Waals surface area contributed by atoms with Crippen LogP contribution in [0.1, 0.15) is 29.7 Å². The number of hydrogen-bond donors (Lipinski definition) is 2. The number of ether oxygens (including phenoxy) is 1. The molecule has 1 aromatic carbocycles. The highest BCUT2D eigenvalue weighted by Gasteiger charge is 2.15. The maximum absolute atomic E-state index is 11.4. The van der Waals surface area contributed by atoms with Gasteiger partial charge in [-0.15, -0.1) is 0 Å². The molecule has 3 rings (SSSR count). The van der Waals surface area contributed by atoms with E-state index in [2.05, 4.69) is 28.5 Å². The number of fused-ring (bicyclic) bond motifs is 3. The molecule has 1 aliphatic carbocycles. The molecule has 0 saturated carbocycles. The molecule has 2 N–H and O–H groups in total. The molecule has 1 aromatic heterocycles. The summed E-state index contributed by atoms with van der Waals surface area (Å²) in [6.07, 6.45) is 4.87. The number of H-pyrrole nitrogens is 1. The van der Waals surface area contributed by atoms with Crippen LogP contribution in [0.25, 0.3) is 10.9 Å². The molecular formula is C16H20N2O2. The molecule has 4 heteroatoms. The molecule has 2 aromatic rings. The first kappa shape index (κ1) is 13.2. The van der Waals surface area contributed by atoms with Gasteiger partial charge < -0.3 is 15.0 Å². The van der Waals surface area contributed by atoms with Gasteiger partial charge in [0.2, 0.25) is 5.91 Å². The Hall–Kier alpha value is -1.81. The zero-order valence-corrected chi connectivity index (χ0v) is 11.8. The van der Waals surface area contributed by atoms with E-state index in [0.29, 0.717) is 6.54 Å². The van der Waals surface area contributed by atoms with E-state index >= 15 is 0 Å². The van der Waals surface area contributed by atoms with E-state index in [1.165, 1.54) is 42.1 Å². The number of nitrogens with one attached hydrogen (secondary N) is 2. The smallest absolute Gasteiger partial charge is 0.246 e. The maximum atomic E-state index is 11.4. The summed E-state index contributed by atoms with van der Waals surface area (Å²) in [5.74, 6) is -0.0799. The van der Waals surface area contributed by atoms with E-state index < -0.39 is 0 Å². The molecule has 20 heavy (non-hydrogen) atoms. The lowest BCUT2D eigenvalue weighted by atomic mass is 9.95. The number of carbonyl (C=O) groups excluding carboxylic acids is 1. The van der Waals surface area contributed by atoms with Gasteiger partial charge in [0.05, 0.1) is 0 Å². The summed E-state index contributed by atoms with van der Waals surface area (Å²) in [5.41, 5.74) is 5.21. The average molecular weight is 272 g/mol. The van der Waals surface area contributed by atoms with Gasteiger partial charge in [-0.2, -0.15) is 0 Å². The number of benzene rings is 1. The first-order valence-electron chi connectivity index (χ1n) is 7.16. The predicted octanol–water partition coefficient (Wildman–Crippen LogP) is 2.31. The molecule has 106 valence electrons. The first-order chi connectivity index (χ1) is 9.78. The van der Waals surface area contributed by atoms with Gasteiger partial charge in [0, 0.05) is 30.3 Å². The molecule has 0 bridgehead atoms. The molecule has 0 fully saturated rings. The highest BCUT2D eigenvalue weighted by atomic mass is 16.5. The van der Waals surface area contributed by atoms with Crippen molar-refractivity contribution in [3.05, 3.63) is 35.0 Å². The topological polar surface area (TPSA) is 54.1 Å². The van der Waals surface area contributed by atoms with Crippen LogP contribution in [0, 0.1) is 0 Å². The second-order valence-electron chi connectivity index (χ2n) is 5.38. The first-order valence-corrected chi connectivity index (χ1v) is 7.16. The van der Waals surface area contributed by atoms with Crippen LogP contribution in [-0.4, -0.2) is 24.6 Å². The number of amides is 1. The van der Waals surface area contributed by atoms with E-state index in [1.807, 2.05) is 0 Å². The molecule has 0 saturated heterocycles. The van der Waals surface area contributed by atoms with Gasteiger partial charge in [0.1, 0.15) is 6.61 Å². The minimum atomic E-state index is -0.0799. The molecular weight excluding hydrogens is 252 g/mol. The van der Waals surface area contributed by atoms with Crippen molar-refractivity contribution in [2.75, 3.05) is 13.7 Å². The molecule has 0 spiro atoms. The summed E-state index contributed by atoms with van der Waals surface area (Å²) in [6.45, 7) is 0.667. The monoisotopic (exact) mass is 272 g/mol. The fraction of sp³-hybridized carbons (Fsp3) is 0.438. The summed E-state index contributed by atoms with van der Waals surface area (Å²) in [6, 6.07) is 6.38. The second-order valence-corrected chi connectivity index (χ2v) is 5.38. The van der Waals surface area contributed by atoms with Crippen LogP contribution in [0.2, 0.25) is 0 Å². The van der Waals surface area contributed by atoms with Crippen molar-refractivity contribution in [3.8, 4) is 0 Å². The lowest BCUT2D eigenvalue weighted by Crippen LogP contribution is -2.26. The third-order valence-electron chi connectivity index (χ3n) is 3.93. The van der Waals surface area contributed by atoms with Crippen LogP contribution in [0.4, 0.5) is 0 Å². The molecule has 1 amide bonds. The second kappa shape index (κ2) is 5.67. The lowest BCUT2D eigenvalue weighted by molar-refractivity contribution is -0.124. The van der Waals surface area contributed by atoms with Gasteiger partial charge in [-0.05, 0) is 48.9 Å². The number of aromatic nitrogens is 1. The number of hydrogen-bond acceptors (Lipinski definition) is 2. The number of methoxy groups -OCH3 is 1. The summed E-state index contributed by atoms with van der Waals surface area (Å²) in [4.78, 5) is 14.9. The van der Waals surface area contributed by atoms with Crippen LogP contribution in [-0.2, 0) is 28.9 Å². The Balaban J connectivity index is 1.81. The van der Waals surface area contributed by atoms with Crippen LogP contribution in [0.15, 0.2) is 18.2 Å². The van der Waals surface area contributed by atoms with Gasteiger partial charge >= 0.3 is 0 Å². The van der Waals surface area contributed by atoms with E-state index in [9.17, 15) is 4.79 Å². The average Bonchev–Trinajstić information content (AvgIpc) is 2.83. The van der Waals surface area contributed by atoms with Gasteiger partial charge in [0.25, 0.3) is 0 Å². The third kappa shape index (κ3) is 2.56. The fourth-order valence-corrected chi connectivity index (χ4v) is 2.95. The molecule has 0 aliphatic heterocycles. The molecule has 1 heterocycles. The Morgan fingerprint density at radius 2 is 2.20 bits per heavy atom. The van der Waals surface area contributed by atoms with Crippen molar-refractivity contribution in [3.63, 3.8) is 0 Å². The highest BCUT2D eigenvalue weighted by Crippen LogP contribution is 2.29. The van der Waals surface area contributed by atoms with E-state index in [-0.39, 0.29) is 12.5 Å². The molecule has 1 aliphatic rings. The molecule has 4 nitrogen and oxygen atoms in total. The van der Waals surface area contributed by atoms with E-state index in [4.69, 9.17) is 4.74 Å². The normalized spacial score (nSPS) is 14.2. The zero-order valence-electron chi connectivity index (χ0n) is 11.8. The Morgan fingerprint density at radius 3 is 3.05 bits per heavy atom. The number of rotatable bonds is 4. The van der Waals surface area contributed by atoms with Crippen molar-refractivity contribution in [1.82, 2.24) is 10.3 Å².